The van der Waals surface area contributed by atoms with Crippen molar-refractivity contribution in [1.82, 2.24) is 0 Å². The van der Waals surface area contributed by atoms with Gasteiger partial charge in [-0.1, -0.05) is 6.07 Å². The van der Waals surface area contributed by atoms with Crippen molar-refractivity contribution in [3.05, 3.63) is 58.9 Å². The van der Waals surface area contributed by atoms with Crippen LogP contribution < -0.4 is 9.62 Å². The zero-order chi connectivity index (χ0) is 18.4. The second kappa shape index (κ2) is 6.15. The predicted octanol–water partition coefficient (Wildman–Crippen LogP) is 3.10. The highest BCUT2D eigenvalue weighted by Crippen LogP contribution is 2.34. The summed E-state index contributed by atoms with van der Waals surface area (Å²) in [5.41, 5.74) is 2.99. The lowest BCUT2D eigenvalue weighted by atomic mass is 10.1. The summed E-state index contributed by atoms with van der Waals surface area (Å²) in [6.07, 6.45) is 1.72. The van der Waals surface area contributed by atoms with E-state index < -0.39 is 15.8 Å². The Kier molecular flexibility index (Phi) is 4.28. The summed E-state index contributed by atoms with van der Waals surface area (Å²) in [6.45, 7) is 3.61. The van der Waals surface area contributed by atoms with E-state index in [0.29, 0.717) is 23.4 Å². The lowest BCUT2D eigenvalue weighted by Crippen LogP contribution is -2.34. The Balaban J connectivity index is 1.89. The molecule has 0 saturated heterocycles. The molecule has 0 bridgehead atoms. The molecule has 0 radical (unpaired) electrons. The van der Waals surface area contributed by atoms with Crippen molar-refractivity contribution in [1.29, 1.82) is 0 Å². The van der Waals surface area contributed by atoms with Gasteiger partial charge in [0.2, 0.25) is 10.0 Å². The fraction of sp³-hybridized carbons (Fsp3) is 0.278. The fourth-order valence-electron chi connectivity index (χ4n) is 3.17. The molecule has 1 N–H and O–H groups in total. The number of carbonyl (C=O) groups is 1. The van der Waals surface area contributed by atoms with Gasteiger partial charge >= 0.3 is 0 Å². The van der Waals surface area contributed by atoms with E-state index >= 15 is 0 Å². The number of amides is 1. The van der Waals surface area contributed by atoms with E-state index in [1.165, 1.54) is 22.7 Å². The molecule has 0 fully saturated rings. The van der Waals surface area contributed by atoms with Gasteiger partial charge in [0.05, 0.1) is 11.9 Å². The molecule has 0 aromatic heterocycles. The van der Waals surface area contributed by atoms with E-state index in [4.69, 9.17) is 0 Å². The Morgan fingerprint density at radius 2 is 1.96 bits per heavy atom. The van der Waals surface area contributed by atoms with Crippen LogP contribution in [0.5, 0.6) is 0 Å². The van der Waals surface area contributed by atoms with Crippen LogP contribution in [0.15, 0.2) is 36.4 Å². The molecule has 132 valence electrons. The third-order valence-electron chi connectivity index (χ3n) is 4.30. The van der Waals surface area contributed by atoms with E-state index in [2.05, 4.69) is 5.32 Å². The maximum atomic E-state index is 13.4. The summed E-state index contributed by atoms with van der Waals surface area (Å²) < 4.78 is 38.6. The van der Waals surface area contributed by atoms with E-state index in [-0.39, 0.29) is 11.9 Å². The van der Waals surface area contributed by atoms with Crippen LogP contribution in [0.1, 0.15) is 28.4 Å². The second-order valence-electron chi connectivity index (χ2n) is 6.37. The topological polar surface area (TPSA) is 66.5 Å². The Bertz CT molecular complexity index is 957. The number of carbonyl (C=O) groups excluding carboxylic acids is 1. The molecule has 1 atom stereocenters. The van der Waals surface area contributed by atoms with Crippen molar-refractivity contribution in [3.8, 4) is 0 Å². The molecule has 7 heteroatoms. The Morgan fingerprint density at radius 1 is 1.24 bits per heavy atom. The highest BCUT2D eigenvalue weighted by atomic mass is 32.2. The quantitative estimate of drug-likeness (QED) is 0.912. The van der Waals surface area contributed by atoms with Crippen LogP contribution in [0, 0.1) is 12.7 Å². The van der Waals surface area contributed by atoms with Crippen LogP contribution in [0.25, 0.3) is 0 Å². The highest BCUT2D eigenvalue weighted by Gasteiger charge is 2.32. The number of fused-ring (bicyclic) bond motifs is 1. The summed E-state index contributed by atoms with van der Waals surface area (Å²) >= 11 is 0. The maximum absolute atomic E-state index is 13.4. The number of nitrogens with one attached hydrogen (secondary N) is 1. The molecule has 5 nitrogen and oxygen atoms in total. The number of aryl methyl sites for hydroxylation is 1. The third kappa shape index (κ3) is 3.37. The first kappa shape index (κ1) is 17.4. The molecule has 1 aliphatic rings. The molecule has 2 aromatic rings. The average molecular weight is 362 g/mol. The third-order valence-corrected chi connectivity index (χ3v) is 5.57. The van der Waals surface area contributed by atoms with Crippen LogP contribution in [-0.2, 0) is 16.4 Å². The van der Waals surface area contributed by atoms with Crippen molar-refractivity contribution < 1.29 is 17.6 Å². The fourth-order valence-corrected chi connectivity index (χ4v) is 4.44. The van der Waals surface area contributed by atoms with Crippen LogP contribution in [0.2, 0.25) is 0 Å². The molecule has 1 unspecified atom stereocenters. The Hall–Kier alpha value is -2.41. The van der Waals surface area contributed by atoms with E-state index in [0.717, 1.165) is 11.1 Å². The molecule has 0 saturated carbocycles. The summed E-state index contributed by atoms with van der Waals surface area (Å²) in [7, 11) is -3.37. The smallest absolute Gasteiger partial charge is 0.255 e. The van der Waals surface area contributed by atoms with Gasteiger partial charge in [-0.25, -0.2) is 12.8 Å². The van der Waals surface area contributed by atoms with Crippen LogP contribution in [0.3, 0.4) is 0 Å². The highest BCUT2D eigenvalue weighted by molar-refractivity contribution is 7.92. The predicted molar refractivity (Wildman–Crippen MR) is 96.0 cm³/mol. The van der Waals surface area contributed by atoms with Crippen molar-refractivity contribution >= 4 is 27.3 Å². The molecule has 25 heavy (non-hydrogen) atoms. The van der Waals surface area contributed by atoms with Gasteiger partial charge in [-0.15, -0.1) is 0 Å². The summed E-state index contributed by atoms with van der Waals surface area (Å²) in [6, 6.07) is 8.94. The summed E-state index contributed by atoms with van der Waals surface area (Å²) in [4.78, 5) is 12.5. The van der Waals surface area contributed by atoms with E-state index in [1.54, 1.807) is 31.2 Å². The molecule has 1 heterocycles. The van der Waals surface area contributed by atoms with Crippen molar-refractivity contribution in [2.45, 2.75) is 26.3 Å². The van der Waals surface area contributed by atoms with Gasteiger partial charge in [0, 0.05) is 17.3 Å². The molecule has 2 aromatic carbocycles. The maximum Gasteiger partial charge on any atom is 0.255 e. The van der Waals surface area contributed by atoms with Gasteiger partial charge in [0.1, 0.15) is 5.82 Å². The Morgan fingerprint density at radius 3 is 2.64 bits per heavy atom. The molecule has 1 amide bonds. The SMILES string of the molecule is Cc1ccc(F)cc1NC(=O)c1ccc2c(c1)CC(C)N2S(C)(=O)=O. The van der Waals surface area contributed by atoms with Crippen LogP contribution in [-0.4, -0.2) is 26.6 Å². The first-order chi connectivity index (χ1) is 11.7. The largest absolute Gasteiger partial charge is 0.322 e. The van der Waals surface area contributed by atoms with Gasteiger partial charge in [0.15, 0.2) is 0 Å². The number of hydrogen-bond acceptors (Lipinski definition) is 3. The molecule has 1 aliphatic heterocycles. The van der Waals surface area contributed by atoms with Gasteiger partial charge < -0.3 is 5.32 Å². The van der Waals surface area contributed by atoms with Gasteiger partial charge in [0.25, 0.3) is 5.91 Å². The first-order valence-electron chi connectivity index (χ1n) is 7.86. The van der Waals surface area contributed by atoms with Crippen molar-refractivity contribution in [2.24, 2.45) is 0 Å². The zero-order valence-corrected chi connectivity index (χ0v) is 15.0. The van der Waals surface area contributed by atoms with Gasteiger partial charge in [-0.05, 0) is 61.7 Å². The summed E-state index contributed by atoms with van der Waals surface area (Å²) in [5.74, 6) is -0.783. The van der Waals surface area contributed by atoms with Gasteiger partial charge in [-0.2, -0.15) is 0 Å². The number of rotatable bonds is 3. The standard InChI is InChI=1S/C18H19FN2O3S/c1-11-4-6-15(19)10-16(11)20-18(22)13-5-7-17-14(9-13)8-12(2)21(17)25(3,23)24/h4-7,9-10,12H,8H2,1-3H3,(H,20,22). The molecule has 3 rings (SSSR count). The van der Waals surface area contributed by atoms with Crippen LogP contribution in [0.4, 0.5) is 15.8 Å². The number of halogens is 1. The average Bonchev–Trinajstić information content (AvgIpc) is 2.85. The lowest BCUT2D eigenvalue weighted by Gasteiger charge is -2.21. The molecule has 0 spiro atoms. The molecular weight excluding hydrogens is 343 g/mol. The second-order valence-corrected chi connectivity index (χ2v) is 8.23. The van der Waals surface area contributed by atoms with Gasteiger partial charge in [-0.3, -0.25) is 9.10 Å². The summed E-state index contributed by atoms with van der Waals surface area (Å²) in [5, 5.41) is 2.70. The minimum Gasteiger partial charge on any atom is -0.322 e. The van der Waals surface area contributed by atoms with Crippen molar-refractivity contribution in [3.63, 3.8) is 0 Å². The Labute approximate surface area is 146 Å². The van der Waals surface area contributed by atoms with Crippen LogP contribution >= 0.6 is 0 Å². The number of nitrogens with zero attached hydrogens (tertiary/aromatic N) is 1. The monoisotopic (exact) mass is 362 g/mol. The number of anilines is 2. The number of sulfonamides is 1. The minimum atomic E-state index is -3.37. The molecule has 0 aliphatic carbocycles. The van der Waals surface area contributed by atoms with E-state index in [9.17, 15) is 17.6 Å². The van der Waals surface area contributed by atoms with Crippen molar-refractivity contribution in [2.75, 3.05) is 15.9 Å². The van der Waals surface area contributed by atoms with E-state index in [1.807, 2.05) is 6.92 Å². The normalized spacial score (nSPS) is 16.6. The minimum absolute atomic E-state index is 0.186. The number of hydrogen-bond donors (Lipinski definition) is 1. The number of benzene rings is 2. The lowest BCUT2D eigenvalue weighted by molar-refractivity contribution is 0.102. The zero-order valence-electron chi connectivity index (χ0n) is 14.2. The molecular formula is C18H19FN2O3S. The first-order valence-corrected chi connectivity index (χ1v) is 9.71.